The molecule has 1 heterocycles. The van der Waals surface area contributed by atoms with E-state index in [0.717, 1.165) is 12.6 Å². The number of anilines is 1. The molecule has 1 fully saturated rings. The lowest BCUT2D eigenvalue weighted by Gasteiger charge is -2.51. The third-order valence-corrected chi connectivity index (χ3v) is 3.98. The van der Waals surface area contributed by atoms with Crippen LogP contribution in [0.1, 0.15) is 27.2 Å². The van der Waals surface area contributed by atoms with Gasteiger partial charge in [-0.25, -0.2) is 4.98 Å². The van der Waals surface area contributed by atoms with Gasteiger partial charge in [0.15, 0.2) is 0 Å². The van der Waals surface area contributed by atoms with Crippen molar-refractivity contribution >= 4 is 23.1 Å². The molecule has 2 rings (SSSR count). The van der Waals surface area contributed by atoms with Gasteiger partial charge in [0.25, 0.3) is 0 Å². The van der Waals surface area contributed by atoms with E-state index in [1.807, 2.05) is 6.92 Å². The summed E-state index contributed by atoms with van der Waals surface area (Å²) in [4.78, 5) is 18.0. The van der Waals surface area contributed by atoms with Crippen molar-refractivity contribution < 1.29 is 9.66 Å². The molecule has 7 nitrogen and oxygen atoms in total. The molecule has 110 valence electrons. The van der Waals surface area contributed by atoms with Gasteiger partial charge in [0, 0.05) is 18.1 Å². The van der Waals surface area contributed by atoms with Crippen LogP contribution in [0.4, 0.5) is 11.5 Å². The molecule has 1 aliphatic carbocycles. The van der Waals surface area contributed by atoms with Crippen LogP contribution in [0.5, 0.6) is 0 Å². The number of nitro groups is 1. The lowest BCUT2D eigenvalue weighted by atomic mass is 9.64. The molecule has 1 aliphatic rings. The molecular weight excluding hydrogens is 284 g/mol. The van der Waals surface area contributed by atoms with Crippen LogP contribution in [0.15, 0.2) is 6.20 Å². The Morgan fingerprint density at radius 2 is 2.35 bits per heavy atom. The molecule has 0 aliphatic heterocycles. The second-order valence-electron chi connectivity index (χ2n) is 5.33. The summed E-state index contributed by atoms with van der Waals surface area (Å²) in [6.45, 7) is 6.72. The Hall–Kier alpha value is -1.47. The van der Waals surface area contributed by atoms with E-state index in [2.05, 4.69) is 29.1 Å². The van der Waals surface area contributed by atoms with Crippen LogP contribution in [0.3, 0.4) is 0 Å². The topological polar surface area (TPSA) is 90.2 Å². The van der Waals surface area contributed by atoms with Crippen molar-refractivity contribution in [1.29, 1.82) is 0 Å². The van der Waals surface area contributed by atoms with E-state index in [4.69, 9.17) is 16.3 Å². The zero-order chi connectivity index (χ0) is 14.9. The first-order valence-electron chi connectivity index (χ1n) is 6.41. The summed E-state index contributed by atoms with van der Waals surface area (Å²) in [5.41, 5.74) is -0.300. The summed E-state index contributed by atoms with van der Waals surface area (Å²) in [6, 6.07) is 0.0451. The highest BCUT2D eigenvalue weighted by atomic mass is 35.5. The minimum Gasteiger partial charge on any atom is -0.378 e. The summed E-state index contributed by atoms with van der Waals surface area (Å²) in [7, 11) is 0. The molecule has 0 radical (unpaired) electrons. The van der Waals surface area contributed by atoms with E-state index in [-0.39, 0.29) is 34.3 Å². The van der Waals surface area contributed by atoms with Gasteiger partial charge in [0.1, 0.15) is 6.20 Å². The molecule has 0 spiro atoms. The van der Waals surface area contributed by atoms with Crippen molar-refractivity contribution in [3.8, 4) is 0 Å². The molecule has 1 aromatic rings. The summed E-state index contributed by atoms with van der Waals surface area (Å²) < 4.78 is 5.63. The van der Waals surface area contributed by atoms with Crippen molar-refractivity contribution in [3.63, 3.8) is 0 Å². The lowest BCUT2D eigenvalue weighted by molar-refractivity contribution is -0.384. The van der Waals surface area contributed by atoms with Gasteiger partial charge in [-0.3, -0.25) is 10.1 Å². The van der Waals surface area contributed by atoms with E-state index < -0.39 is 4.92 Å². The molecule has 1 saturated carbocycles. The van der Waals surface area contributed by atoms with E-state index in [9.17, 15) is 10.1 Å². The molecule has 0 amide bonds. The van der Waals surface area contributed by atoms with Gasteiger partial charge >= 0.3 is 5.69 Å². The maximum absolute atomic E-state index is 11.0. The third-order valence-electron chi connectivity index (χ3n) is 3.79. The highest BCUT2D eigenvalue weighted by Crippen LogP contribution is 2.44. The second kappa shape index (κ2) is 5.49. The average Bonchev–Trinajstić information content (AvgIpc) is 2.37. The fraction of sp³-hybridized carbons (Fsp3) is 0.667. The largest absolute Gasteiger partial charge is 0.378 e. The Labute approximate surface area is 121 Å². The first-order chi connectivity index (χ1) is 9.36. The molecule has 2 atom stereocenters. The minimum atomic E-state index is -0.523. The summed E-state index contributed by atoms with van der Waals surface area (Å²) in [5, 5.41) is 14.0. The van der Waals surface area contributed by atoms with Crippen molar-refractivity contribution in [1.82, 2.24) is 9.97 Å². The Balaban J connectivity index is 2.16. The molecule has 0 bridgehead atoms. The van der Waals surface area contributed by atoms with Gasteiger partial charge in [0.2, 0.25) is 11.1 Å². The van der Waals surface area contributed by atoms with Gasteiger partial charge in [-0.2, -0.15) is 4.98 Å². The number of hydrogen-bond donors (Lipinski definition) is 1. The number of nitrogens with zero attached hydrogens (tertiary/aromatic N) is 3. The number of halogens is 1. The molecule has 2 unspecified atom stereocenters. The van der Waals surface area contributed by atoms with Crippen LogP contribution >= 0.6 is 11.6 Å². The number of aromatic nitrogens is 2. The number of rotatable bonds is 5. The van der Waals surface area contributed by atoms with Crippen LogP contribution in [-0.2, 0) is 4.74 Å². The molecule has 1 N–H and O–H groups in total. The Morgan fingerprint density at radius 1 is 1.65 bits per heavy atom. The molecule has 0 aromatic carbocycles. The standard InChI is InChI=1S/C12H17ClN4O3/c1-4-20-9-5-8(12(9,2)3)15-10-7(17(18)19)6-14-11(13)16-10/h6,8-9H,4-5H2,1-3H3,(H,14,15,16). The highest BCUT2D eigenvalue weighted by Gasteiger charge is 2.49. The number of nitrogens with one attached hydrogen (secondary N) is 1. The van der Waals surface area contributed by atoms with Gasteiger partial charge < -0.3 is 10.1 Å². The monoisotopic (exact) mass is 300 g/mol. The first-order valence-corrected chi connectivity index (χ1v) is 6.79. The van der Waals surface area contributed by atoms with Crippen LogP contribution in [0.2, 0.25) is 5.28 Å². The van der Waals surface area contributed by atoms with E-state index in [1.54, 1.807) is 0 Å². The van der Waals surface area contributed by atoms with E-state index >= 15 is 0 Å². The molecule has 0 saturated heterocycles. The van der Waals surface area contributed by atoms with E-state index in [1.165, 1.54) is 0 Å². The van der Waals surface area contributed by atoms with Crippen LogP contribution in [-0.4, -0.2) is 33.6 Å². The number of hydrogen-bond acceptors (Lipinski definition) is 6. The van der Waals surface area contributed by atoms with Crippen LogP contribution < -0.4 is 5.32 Å². The first kappa shape index (κ1) is 14.9. The molecule has 8 heteroatoms. The molecule has 1 aromatic heterocycles. The zero-order valence-corrected chi connectivity index (χ0v) is 12.3. The fourth-order valence-corrected chi connectivity index (χ4v) is 2.51. The smallest absolute Gasteiger partial charge is 0.329 e. The summed E-state index contributed by atoms with van der Waals surface area (Å²) in [6.07, 6.45) is 2.03. The Kier molecular flexibility index (Phi) is 4.10. The quantitative estimate of drug-likeness (QED) is 0.511. The SMILES string of the molecule is CCOC1CC(Nc2nc(Cl)ncc2[N+](=O)[O-])C1(C)C. The Morgan fingerprint density at radius 3 is 2.90 bits per heavy atom. The Bertz CT molecular complexity index is 523. The average molecular weight is 301 g/mol. The molecule has 20 heavy (non-hydrogen) atoms. The van der Waals surface area contributed by atoms with E-state index in [0.29, 0.717) is 6.61 Å². The normalized spacial score (nSPS) is 24.0. The summed E-state index contributed by atoms with van der Waals surface area (Å²) >= 11 is 5.71. The fourth-order valence-electron chi connectivity index (χ4n) is 2.37. The van der Waals surface area contributed by atoms with Crippen molar-refractivity contribution in [2.75, 3.05) is 11.9 Å². The van der Waals surface area contributed by atoms with Crippen molar-refractivity contribution in [3.05, 3.63) is 21.6 Å². The maximum atomic E-state index is 11.0. The predicted molar refractivity (Wildman–Crippen MR) is 74.9 cm³/mol. The number of ether oxygens (including phenoxy) is 1. The zero-order valence-electron chi connectivity index (χ0n) is 11.6. The minimum absolute atomic E-state index is 0.0170. The van der Waals surface area contributed by atoms with Crippen molar-refractivity contribution in [2.45, 2.75) is 39.3 Å². The van der Waals surface area contributed by atoms with Gasteiger partial charge in [0.05, 0.1) is 11.0 Å². The molecular formula is C12H17ClN4O3. The van der Waals surface area contributed by atoms with Gasteiger partial charge in [-0.05, 0) is 24.9 Å². The van der Waals surface area contributed by atoms with Crippen LogP contribution in [0.25, 0.3) is 0 Å². The second-order valence-corrected chi connectivity index (χ2v) is 5.67. The van der Waals surface area contributed by atoms with Crippen LogP contribution in [0, 0.1) is 15.5 Å². The third kappa shape index (κ3) is 2.69. The predicted octanol–water partition coefficient (Wildman–Crippen LogP) is 2.65. The van der Waals surface area contributed by atoms with Gasteiger partial charge in [-0.1, -0.05) is 13.8 Å². The van der Waals surface area contributed by atoms with Gasteiger partial charge in [-0.15, -0.1) is 0 Å². The lowest BCUT2D eigenvalue weighted by Crippen LogP contribution is -2.58. The van der Waals surface area contributed by atoms with Crippen molar-refractivity contribution in [2.24, 2.45) is 5.41 Å². The maximum Gasteiger partial charge on any atom is 0.329 e. The highest BCUT2D eigenvalue weighted by molar-refractivity contribution is 6.28. The summed E-state index contributed by atoms with van der Waals surface area (Å²) in [5.74, 6) is 0.156.